The van der Waals surface area contributed by atoms with Crippen LogP contribution >= 0.6 is 0 Å². The van der Waals surface area contributed by atoms with E-state index in [-0.39, 0.29) is 18.2 Å². The molecule has 28 heavy (non-hydrogen) atoms. The second-order valence-corrected chi connectivity index (χ2v) is 6.74. The molecule has 4 heteroatoms. The SMILES string of the molecule is CC(C(=O)N(O)CCc1ccccc1)c1cccc(C(=O)c2ccccc2)c1. The predicted octanol–water partition coefficient (Wildman–Crippen LogP) is 4.48. The van der Waals surface area contributed by atoms with Crippen LogP contribution in [0, 0.1) is 0 Å². The van der Waals surface area contributed by atoms with E-state index in [1.807, 2.05) is 48.5 Å². The highest BCUT2D eigenvalue weighted by molar-refractivity contribution is 6.09. The summed E-state index contributed by atoms with van der Waals surface area (Å²) in [6.45, 7) is 1.95. The minimum atomic E-state index is -0.552. The quantitative estimate of drug-likeness (QED) is 0.377. The summed E-state index contributed by atoms with van der Waals surface area (Å²) in [7, 11) is 0. The molecule has 4 nitrogen and oxygen atoms in total. The van der Waals surface area contributed by atoms with Crippen molar-refractivity contribution in [3.05, 3.63) is 107 Å². The second kappa shape index (κ2) is 9.11. The number of hydroxylamine groups is 2. The monoisotopic (exact) mass is 373 g/mol. The normalized spacial score (nSPS) is 11.6. The van der Waals surface area contributed by atoms with Gasteiger partial charge in [0.15, 0.2) is 5.78 Å². The molecule has 1 unspecified atom stereocenters. The van der Waals surface area contributed by atoms with Gasteiger partial charge >= 0.3 is 0 Å². The number of carbonyl (C=O) groups is 2. The van der Waals surface area contributed by atoms with Gasteiger partial charge in [0.05, 0.1) is 12.5 Å². The van der Waals surface area contributed by atoms with Gasteiger partial charge in [0.2, 0.25) is 0 Å². The van der Waals surface area contributed by atoms with Crippen molar-refractivity contribution in [3.8, 4) is 0 Å². The fourth-order valence-electron chi connectivity index (χ4n) is 3.06. The van der Waals surface area contributed by atoms with Gasteiger partial charge < -0.3 is 0 Å². The van der Waals surface area contributed by atoms with Gasteiger partial charge in [-0.3, -0.25) is 14.8 Å². The molecule has 0 aliphatic heterocycles. The molecule has 3 rings (SSSR count). The highest BCUT2D eigenvalue weighted by Gasteiger charge is 2.22. The third-order valence-corrected chi connectivity index (χ3v) is 4.76. The summed E-state index contributed by atoms with van der Waals surface area (Å²) in [6.07, 6.45) is 0.572. The summed E-state index contributed by atoms with van der Waals surface area (Å²) in [5, 5.41) is 11.0. The Labute approximate surface area is 165 Å². The zero-order valence-electron chi connectivity index (χ0n) is 15.8. The Hall–Kier alpha value is -3.24. The first-order chi connectivity index (χ1) is 13.6. The summed E-state index contributed by atoms with van der Waals surface area (Å²) < 4.78 is 0. The maximum absolute atomic E-state index is 12.6. The number of rotatable bonds is 7. The molecule has 0 saturated heterocycles. The van der Waals surface area contributed by atoms with Crippen LogP contribution in [0.2, 0.25) is 0 Å². The number of hydrogen-bond donors (Lipinski definition) is 1. The van der Waals surface area contributed by atoms with Crippen molar-refractivity contribution < 1.29 is 14.8 Å². The molecule has 0 heterocycles. The van der Waals surface area contributed by atoms with Crippen molar-refractivity contribution in [1.29, 1.82) is 0 Å². The van der Waals surface area contributed by atoms with Crippen LogP contribution < -0.4 is 0 Å². The van der Waals surface area contributed by atoms with Gasteiger partial charge in [-0.15, -0.1) is 0 Å². The maximum atomic E-state index is 12.6. The highest BCUT2D eigenvalue weighted by atomic mass is 16.5. The van der Waals surface area contributed by atoms with E-state index in [2.05, 4.69) is 0 Å². The summed E-state index contributed by atoms with van der Waals surface area (Å²) in [5.74, 6) is -1.03. The number of hydrogen-bond acceptors (Lipinski definition) is 3. The van der Waals surface area contributed by atoms with Crippen LogP contribution in [0.4, 0.5) is 0 Å². The number of nitrogens with zero attached hydrogens (tertiary/aromatic N) is 1. The topological polar surface area (TPSA) is 57.6 Å². The van der Waals surface area contributed by atoms with Crippen molar-refractivity contribution in [2.75, 3.05) is 6.54 Å². The summed E-state index contributed by atoms with van der Waals surface area (Å²) >= 11 is 0. The Morgan fingerprint density at radius 2 is 1.46 bits per heavy atom. The van der Waals surface area contributed by atoms with E-state index in [4.69, 9.17) is 0 Å². The minimum absolute atomic E-state index is 0.0907. The molecular formula is C24H23NO3. The molecule has 0 radical (unpaired) electrons. The minimum Gasteiger partial charge on any atom is -0.289 e. The Morgan fingerprint density at radius 1 is 0.857 bits per heavy atom. The lowest BCUT2D eigenvalue weighted by atomic mass is 9.95. The Kier molecular flexibility index (Phi) is 6.35. The number of amides is 1. The molecule has 0 aliphatic carbocycles. The van der Waals surface area contributed by atoms with Crippen molar-refractivity contribution in [3.63, 3.8) is 0 Å². The Morgan fingerprint density at radius 3 is 2.14 bits per heavy atom. The zero-order chi connectivity index (χ0) is 19.9. The molecule has 0 spiro atoms. The molecule has 3 aromatic carbocycles. The fourth-order valence-corrected chi connectivity index (χ4v) is 3.06. The molecule has 1 atom stereocenters. The first-order valence-corrected chi connectivity index (χ1v) is 9.30. The van der Waals surface area contributed by atoms with Crippen molar-refractivity contribution in [1.82, 2.24) is 5.06 Å². The highest BCUT2D eigenvalue weighted by Crippen LogP contribution is 2.20. The maximum Gasteiger partial charge on any atom is 0.253 e. The van der Waals surface area contributed by atoms with Gasteiger partial charge in [-0.2, -0.15) is 0 Å². The first-order valence-electron chi connectivity index (χ1n) is 9.30. The third-order valence-electron chi connectivity index (χ3n) is 4.76. The summed E-state index contributed by atoms with van der Waals surface area (Å²) in [6, 6.07) is 25.8. The van der Waals surface area contributed by atoms with Crippen LogP contribution in [0.15, 0.2) is 84.9 Å². The van der Waals surface area contributed by atoms with Crippen LogP contribution in [-0.4, -0.2) is 28.5 Å². The Bertz CT molecular complexity index is 938. The molecule has 142 valence electrons. The number of carbonyl (C=O) groups excluding carboxylic acids is 2. The van der Waals surface area contributed by atoms with Crippen molar-refractivity contribution in [2.24, 2.45) is 0 Å². The molecular weight excluding hydrogens is 350 g/mol. The van der Waals surface area contributed by atoms with Gasteiger partial charge in [-0.05, 0) is 30.5 Å². The molecule has 1 N–H and O–H groups in total. The number of benzene rings is 3. The van der Waals surface area contributed by atoms with Crippen LogP contribution in [0.25, 0.3) is 0 Å². The van der Waals surface area contributed by atoms with Gasteiger partial charge in [0, 0.05) is 11.1 Å². The van der Waals surface area contributed by atoms with Crippen molar-refractivity contribution >= 4 is 11.7 Å². The van der Waals surface area contributed by atoms with Gasteiger partial charge in [0.25, 0.3) is 5.91 Å². The van der Waals surface area contributed by atoms with E-state index < -0.39 is 5.92 Å². The average Bonchev–Trinajstić information content (AvgIpc) is 2.77. The lowest BCUT2D eigenvalue weighted by molar-refractivity contribution is -0.166. The molecule has 0 aliphatic rings. The Balaban J connectivity index is 1.68. The second-order valence-electron chi connectivity index (χ2n) is 6.74. The molecule has 1 amide bonds. The lowest BCUT2D eigenvalue weighted by Crippen LogP contribution is -2.33. The third kappa shape index (κ3) is 4.72. The lowest BCUT2D eigenvalue weighted by Gasteiger charge is -2.20. The van der Waals surface area contributed by atoms with Gasteiger partial charge in [-0.1, -0.05) is 78.9 Å². The molecule has 0 fully saturated rings. The van der Waals surface area contributed by atoms with E-state index in [9.17, 15) is 14.8 Å². The molecule has 3 aromatic rings. The van der Waals surface area contributed by atoms with E-state index in [0.717, 1.165) is 10.6 Å². The first kappa shape index (κ1) is 19.5. The van der Waals surface area contributed by atoms with E-state index in [1.165, 1.54) is 0 Å². The molecule has 0 bridgehead atoms. The van der Waals surface area contributed by atoms with Crippen LogP contribution in [0.5, 0.6) is 0 Å². The average molecular weight is 373 g/mol. The van der Waals surface area contributed by atoms with Gasteiger partial charge in [0.1, 0.15) is 0 Å². The van der Waals surface area contributed by atoms with Crippen LogP contribution in [-0.2, 0) is 11.2 Å². The van der Waals surface area contributed by atoms with Crippen molar-refractivity contribution in [2.45, 2.75) is 19.3 Å². The van der Waals surface area contributed by atoms with Crippen LogP contribution in [0.3, 0.4) is 0 Å². The fraction of sp³-hybridized carbons (Fsp3) is 0.167. The van der Waals surface area contributed by atoms with E-state index in [0.29, 0.717) is 23.1 Å². The van der Waals surface area contributed by atoms with E-state index >= 15 is 0 Å². The van der Waals surface area contributed by atoms with Crippen LogP contribution in [0.1, 0.15) is 39.9 Å². The summed E-state index contributed by atoms with van der Waals surface area (Å²) in [4.78, 5) is 25.2. The largest absolute Gasteiger partial charge is 0.289 e. The molecule has 0 aromatic heterocycles. The number of ketones is 1. The zero-order valence-corrected chi connectivity index (χ0v) is 15.8. The van der Waals surface area contributed by atoms with Gasteiger partial charge in [-0.25, -0.2) is 5.06 Å². The smallest absolute Gasteiger partial charge is 0.253 e. The predicted molar refractivity (Wildman–Crippen MR) is 108 cm³/mol. The molecule has 0 saturated carbocycles. The van der Waals surface area contributed by atoms with E-state index in [1.54, 1.807) is 43.3 Å². The summed E-state index contributed by atoms with van der Waals surface area (Å²) in [5.41, 5.74) is 2.88. The standard InChI is InChI=1S/C24H23NO3/c1-18(24(27)25(28)16-15-19-9-4-2-5-10-19)21-13-8-14-22(17-21)23(26)20-11-6-3-7-12-20/h2-14,17-18,28H,15-16H2,1H3.